The molecule has 0 unspecified atom stereocenters. The summed E-state index contributed by atoms with van der Waals surface area (Å²) in [5.41, 5.74) is 13.2. The van der Waals surface area contributed by atoms with Gasteiger partial charge in [0.2, 0.25) is 0 Å². The minimum absolute atomic E-state index is 0. The molecule has 0 bridgehead atoms. The molecule has 0 spiro atoms. The highest BCUT2D eigenvalue weighted by Crippen LogP contribution is 2.17. The molecule has 0 amide bonds. The molecular weight excluding hydrogens is 342 g/mol. The monoisotopic (exact) mass is 375 g/mol. The number of benzene rings is 3. The van der Waals surface area contributed by atoms with Gasteiger partial charge < -0.3 is 10.5 Å². The van der Waals surface area contributed by atoms with Gasteiger partial charge in [-0.25, -0.2) is 0 Å². The molecule has 0 atom stereocenters. The number of hydrogen-bond donors (Lipinski definition) is 1. The second-order valence-corrected chi connectivity index (χ2v) is 6.93. The van der Waals surface area contributed by atoms with E-state index in [0.29, 0.717) is 0 Å². The summed E-state index contributed by atoms with van der Waals surface area (Å²) in [5.74, 6) is 0.910. The lowest BCUT2D eigenvalue weighted by Gasteiger charge is -2.04. The van der Waals surface area contributed by atoms with Crippen molar-refractivity contribution in [1.29, 1.82) is 0 Å². The second kappa shape index (κ2) is 11.0. The molecule has 0 heterocycles. The Labute approximate surface area is 171 Å². The van der Waals surface area contributed by atoms with Crippen LogP contribution in [0.2, 0.25) is 0 Å². The van der Waals surface area contributed by atoms with Crippen molar-refractivity contribution in [2.45, 2.75) is 33.6 Å². The highest BCUT2D eigenvalue weighted by molar-refractivity contribution is 5.65. The predicted octanol–water partition coefficient (Wildman–Crippen LogP) is 6.55. The molecule has 0 aliphatic carbocycles. The molecule has 28 heavy (non-hydrogen) atoms. The number of nitrogens with two attached hydrogens (primary N) is 1. The van der Waals surface area contributed by atoms with E-state index in [1.807, 2.05) is 12.1 Å². The summed E-state index contributed by atoms with van der Waals surface area (Å²) in [6.07, 6.45) is 3.65. The van der Waals surface area contributed by atoms with Crippen LogP contribution in [-0.4, -0.2) is 7.11 Å². The molecule has 0 aromatic heterocycles. The molecule has 148 valence electrons. The van der Waals surface area contributed by atoms with Crippen LogP contribution in [0.15, 0.2) is 79.0 Å². The average Bonchev–Trinajstić information content (AvgIpc) is 2.70. The van der Waals surface area contributed by atoms with Gasteiger partial charge in [0.25, 0.3) is 0 Å². The molecule has 3 aromatic rings. The Kier molecular flexibility index (Phi) is 8.36. The molecule has 0 aliphatic heterocycles. The van der Waals surface area contributed by atoms with E-state index in [2.05, 4.69) is 81.4 Å². The Morgan fingerprint density at radius 3 is 2.07 bits per heavy atom. The number of aryl methyl sites for hydroxylation is 2. The molecule has 2 N–H and O–H groups in total. The molecule has 0 aliphatic rings. The summed E-state index contributed by atoms with van der Waals surface area (Å²) in [6, 6.07) is 25.3. The number of ether oxygens (including phenoxy) is 1. The third-order valence-electron chi connectivity index (χ3n) is 4.62. The zero-order valence-electron chi connectivity index (χ0n) is 17.4. The molecule has 2 heteroatoms. The molecule has 0 saturated heterocycles. The van der Waals surface area contributed by atoms with Crippen LogP contribution >= 0.6 is 0 Å². The highest BCUT2D eigenvalue weighted by atomic mass is 16.5. The molecule has 3 rings (SSSR count). The van der Waals surface area contributed by atoms with Crippen molar-refractivity contribution < 1.29 is 6.16 Å². The number of hydrogen-bond acceptors (Lipinski definition) is 2. The zero-order chi connectivity index (χ0) is 20.4. The first-order valence-corrected chi connectivity index (χ1v) is 9.72. The lowest BCUT2D eigenvalue weighted by atomic mass is 10.0. The maximum atomic E-state index is 5.50. The van der Waals surface area contributed by atoms with Crippen molar-refractivity contribution in [1.82, 2.24) is 0 Å². The van der Waals surface area contributed by atoms with Crippen LogP contribution in [0.4, 0.5) is 0 Å². The maximum Gasteiger partial charge on any atom is 0.118 e. The summed E-state index contributed by atoms with van der Waals surface area (Å²) in [4.78, 5) is 0. The van der Waals surface area contributed by atoms with Gasteiger partial charge in [-0.2, -0.15) is 0 Å². The summed E-state index contributed by atoms with van der Waals surface area (Å²) in [5, 5.41) is 0. The minimum Gasteiger partial charge on any atom is -0.497 e. The van der Waals surface area contributed by atoms with E-state index in [9.17, 15) is 0 Å². The van der Waals surface area contributed by atoms with Crippen LogP contribution < -0.4 is 10.5 Å². The summed E-state index contributed by atoms with van der Waals surface area (Å²) < 4.78 is 5.14. The molecule has 0 radical (unpaired) electrons. The van der Waals surface area contributed by atoms with E-state index in [4.69, 9.17) is 10.5 Å². The van der Waals surface area contributed by atoms with Crippen LogP contribution in [0.1, 0.15) is 42.6 Å². The fraction of sp³-hybridized carbons (Fsp3) is 0.231. The second-order valence-electron chi connectivity index (χ2n) is 6.93. The van der Waals surface area contributed by atoms with E-state index in [-0.39, 0.29) is 1.43 Å². The topological polar surface area (TPSA) is 35.2 Å². The van der Waals surface area contributed by atoms with Crippen LogP contribution in [0.3, 0.4) is 0 Å². The van der Waals surface area contributed by atoms with Crippen molar-refractivity contribution in [3.63, 3.8) is 0 Å². The predicted molar refractivity (Wildman–Crippen MR) is 123 cm³/mol. The average molecular weight is 376 g/mol. The largest absolute Gasteiger partial charge is 0.497 e. The summed E-state index contributed by atoms with van der Waals surface area (Å²) in [7, 11) is 1.69. The van der Waals surface area contributed by atoms with Gasteiger partial charge in [-0.15, -0.1) is 0 Å². The Morgan fingerprint density at radius 1 is 0.893 bits per heavy atom. The van der Waals surface area contributed by atoms with Crippen molar-refractivity contribution >= 4 is 5.57 Å². The molecule has 3 aromatic carbocycles. The third-order valence-corrected chi connectivity index (χ3v) is 4.62. The minimum atomic E-state index is 0. The SMILES string of the molecule is CC/C(=C/N)c1cccc(C)c1.COc1ccc(Cc2cccc(C)c2)cc1.[HH]. The van der Waals surface area contributed by atoms with E-state index >= 15 is 0 Å². The van der Waals surface area contributed by atoms with E-state index < -0.39 is 0 Å². The fourth-order valence-electron chi connectivity index (χ4n) is 3.06. The van der Waals surface area contributed by atoms with Gasteiger partial charge in [0.15, 0.2) is 0 Å². The first-order chi connectivity index (χ1) is 13.5. The number of rotatable bonds is 5. The summed E-state index contributed by atoms with van der Waals surface area (Å²) in [6.45, 7) is 6.33. The van der Waals surface area contributed by atoms with Gasteiger partial charge in [-0.05, 0) is 67.3 Å². The first-order valence-electron chi connectivity index (χ1n) is 9.72. The van der Waals surface area contributed by atoms with E-state index in [0.717, 1.165) is 18.6 Å². The zero-order valence-corrected chi connectivity index (χ0v) is 17.4. The Balaban J connectivity index is 0.000000292. The molecular formula is C26H33NO. The van der Waals surface area contributed by atoms with Crippen molar-refractivity contribution in [3.05, 3.63) is 107 Å². The Morgan fingerprint density at radius 2 is 1.54 bits per heavy atom. The van der Waals surface area contributed by atoms with Crippen LogP contribution in [-0.2, 0) is 6.42 Å². The van der Waals surface area contributed by atoms with Gasteiger partial charge in [0.1, 0.15) is 5.75 Å². The number of methoxy groups -OCH3 is 1. The Hall–Kier alpha value is -3.00. The van der Waals surface area contributed by atoms with Crippen LogP contribution in [0.25, 0.3) is 5.57 Å². The Bertz CT molecular complexity index is 901. The highest BCUT2D eigenvalue weighted by Gasteiger charge is 1.98. The number of allylic oxidation sites excluding steroid dienone is 1. The van der Waals surface area contributed by atoms with Crippen molar-refractivity contribution in [3.8, 4) is 5.75 Å². The molecule has 0 fully saturated rings. The van der Waals surface area contributed by atoms with Gasteiger partial charge in [0.05, 0.1) is 7.11 Å². The normalized spacial score (nSPS) is 10.8. The van der Waals surface area contributed by atoms with Gasteiger partial charge in [-0.1, -0.05) is 78.7 Å². The molecule has 0 saturated carbocycles. The summed E-state index contributed by atoms with van der Waals surface area (Å²) >= 11 is 0. The first kappa shape index (κ1) is 21.3. The van der Waals surface area contributed by atoms with E-state index in [1.54, 1.807) is 13.3 Å². The van der Waals surface area contributed by atoms with Gasteiger partial charge >= 0.3 is 0 Å². The van der Waals surface area contributed by atoms with Crippen LogP contribution in [0.5, 0.6) is 5.75 Å². The van der Waals surface area contributed by atoms with Crippen molar-refractivity contribution in [2.75, 3.05) is 7.11 Å². The van der Waals surface area contributed by atoms with Gasteiger partial charge in [0, 0.05) is 1.43 Å². The fourth-order valence-corrected chi connectivity index (χ4v) is 3.06. The third kappa shape index (κ3) is 6.62. The smallest absolute Gasteiger partial charge is 0.118 e. The van der Waals surface area contributed by atoms with Crippen molar-refractivity contribution in [2.24, 2.45) is 5.73 Å². The quantitative estimate of drug-likeness (QED) is 0.549. The lowest BCUT2D eigenvalue weighted by molar-refractivity contribution is 0.414. The van der Waals surface area contributed by atoms with Crippen LogP contribution in [0, 0.1) is 13.8 Å². The van der Waals surface area contributed by atoms with E-state index in [1.165, 1.54) is 33.4 Å². The maximum absolute atomic E-state index is 5.50. The molecule has 2 nitrogen and oxygen atoms in total. The lowest BCUT2D eigenvalue weighted by Crippen LogP contribution is -1.89. The van der Waals surface area contributed by atoms with Gasteiger partial charge in [-0.3, -0.25) is 0 Å². The standard InChI is InChI=1S/C15H16O.C11H15N.H2/c1-12-4-3-5-14(10-12)11-13-6-8-15(16-2)9-7-13;1-3-10(8-12)11-6-4-5-9(2)7-11;/h3-10H,11H2,1-2H3;4-8H,3,12H2,1-2H3;1H/b;10-8-;.